The topological polar surface area (TPSA) is 23.8 Å². The van der Waals surface area contributed by atoms with Crippen LogP contribution in [0.5, 0.6) is 0 Å². The molecule has 7 aromatic rings. The van der Waals surface area contributed by atoms with E-state index in [1.165, 1.54) is 38.9 Å². The number of aromatic nitrogens is 1. The van der Waals surface area contributed by atoms with Crippen molar-refractivity contribution in [3.63, 3.8) is 0 Å². The van der Waals surface area contributed by atoms with Crippen molar-refractivity contribution >= 4 is 39.8 Å². The first-order valence-corrected chi connectivity index (χ1v) is 20.5. The highest BCUT2D eigenvalue weighted by molar-refractivity contribution is 6.01. The number of fused-ring (bicyclic) bond motifs is 3. The molecule has 2 heterocycles. The molecule has 0 spiro atoms. The highest BCUT2D eigenvalue weighted by atomic mass is 15.1. The fourth-order valence-electron chi connectivity index (χ4n) is 7.99. The smallest absolute Gasteiger partial charge is 0.0864 e. The van der Waals surface area contributed by atoms with E-state index in [-0.39, 0.29) is 5.92 Å². The molecular formula is C55H49N4. The summed E-state index contributed by atoms with van der Waals surface area (Å²) >= 11 is 0. The van der Waals surface area contributed by atoms with E-state index in [2.05, 4.69) is 192 Å². The fraction of sp³-hybridized carbons (Fsp3) is 0.145. The molecule has 9 rings (SSSR count). The van der Waals surface area contributed by atoms with Crippen LogP contribution in [0.25, 0.3) is 28.4 Å². The summed E-state index contributed by atoms with van der Waals surface area (Å²) in [6.07, 6.45) is 16.9. The molecule has 1 atom stereocenters. The van der Waals surface area contributed by atoms with Crippen LogP contribution in [0.2, 0.25) is 0 Å². The van der Waals surface area contributed by atoms with Crippen LogP contribution in [0.1, 0.15) is 52.8 Å². The number of hydrogen-bond acceptors (Lipinski definition) is 3. The maximum atomic E-state index is 5.00. The zero-order valence-corrected chi connectivity index (χ0v) is 34.1. The maximum absolute atomic E-state index is 5.00. The Kier molecular flexibility index (Phi) is 12.3. The summed E-state index contributed by atoms with van der Waals surface area (Å²) in [7, 11) is 2.10. The molecule has 0 saturated heterocycles. The van der Waals surface area contributed by atoms with E-state index in [1.54, 1.807) is 0 Å². The van der Waals surface area contributed by atoms with Gasteiger partial charge in [-0.1, -0.05) is 127 Å². The summed E-state index contributed by atoms with van der Waals surface area (Å²) in [6.45, 7) is 5.69. The van der Waals surface area contributed by atoms with Crippen LogP contribution in [0.15, 0.2) is 187 Å². The highest BCUT2D eigenvalue weighted by Crippen LogP contribution is 2.42. The van der Waals surface area contributed by atoms with E-state index >= 15 is 0 Å². The fourth-order valence-corrected chi connectivity index (χ4v) is 7.99. The molecule has 4 heteroatoms. The van der Waals surface area contributed by atoms with Crippen LogP contribution in [0, 0.1) is 25.1 Å². The molecule has 0 saturated carbocycles. The van der Waals surface area contributed by atoms with Gasteiger partial charge in [-0.3, -0.25) is 0 Å². The number of allylic oxidation sites excluding steroid dienone is 4. The van der Waals surface area contributed by atoms with Crippen molar-refractivity contribution in [2.24, 2.45) is 4.99 Å². The lowest BCUT2D eigenvalue weighted by molar-refractivity contribution is 0.521. The van der Waals surface area contributed by atoms with Crippen LogP contribution in [-0.4, -0.2) is 35.3 Å². The second-order valence-electron chi connectivity index (χ2n) is 15.1. The van der Waals surface area contributed by atoms with Crippen LogP contribution in [-0.2, 0) is 6.42 Å². The summed E-state index contributed by atoms with van der Waals surface area (Å²) in [4.78, 5) is 9.55. The Hall–Kier alpha value is -6.91. The van der Waals surface area contributed by atoms with Gasteiger partial charge in [0.05, 0.1) is 34.9 Å². The van der Waals surface area contributed by atoms with Crippen molar-refractivity contribution in [3.05, 3.63) is 234 Å². The molecule has 59 heavy (non-hydrogen) atoms. The number of aliphatic imine (C=N–C) groups is 1. The van der Waals surface area contributed by atoms with E-state index in [0.29, 0.717) is 0 Å². The molecule has 0 amide bonds. The van der Waals surface area contributed by atoms with Gasteiger partial charge in [-0.2, -0.15) is 0 Å². The number of para-hydroxylation sites is 1. The lowest BCUT2D eigenvalue weighted by atomic mass is 9.87. The van der Waals surface area contributed by atoms with Crippen molar-refractivity contribution < 1.29 is 0 Å². The van der Waals surface area contributed by atoms with Gasteiger partial charge >= 0.3 is 0 Å². The molecule has 1 unspecified atom stereocenters. The van der Waals surface area contributed by atoms with Crippen LogP contribution in [0.4, 0.5) is 11.4 Å². The third-order valence-corrected chi connectivity index (χ3v) is 10.8. The minimum Gasteiger partial charge on any atom is -0.373 e. The van der Waals surface area contributed by atoms with Gasteiger partial charge < -0.3 is 14.4 Å². The third-order valence-electron chi connectivity index (χ3n) is 10.8. The first-order valence-electron chi connectivity index (χ1n) is 20.5. The monoisotopic (exact) mass is 765 g/mol. The summed E-state index contributed by atoms with van der Waals surface area (Å²) < 4.78 is 2.45. The molecule has 1 aromatic heterocycles. The summed E-state index contributed by atoms with van der Waals surface area (Å²) in [5, 5.41) is 1.31. The normalized spacial score (nSPS) is 14.8. The second kappa shape index (κ2) is 18.6. The van der Waals surface area contributed by atoms with E-state index in [4.69, 9.17) is 4.99 Å². The van der Waals surface area contributed by atoms with Crippen molar-refractivity contribution in [1.82, 2.24) is 9.47 Å². The average Bonchev–Trinajstić information content (AvgIpc) is 3.61. The van der Waals surface area contributed by atoms with E-state index < -0.39 is 0 Å². The largest absolute Gasteiger partial charge is 0.373 e. The molecule has 0 N–H and O–H groups in total. The van der Waals surface area contributed by atoms with Crippen LogP contribution >= 0.6 is 0 Å². The summed E-state index contributed by atoms with van der Waals surface area (Å²) in [5.41, 5.74) is 14.1. The number of anilines is 2. The van der Waals surface area contributed by atoms with Crippen molar-refractivity contribution in [3.8, 4) is 5.69 Å². The van der Waals surface area contributed by atoms with Gasteiger partial charge in [0.2, 0.25) is 0 Å². The minimum atomic E-state index is 0.243. The zero-order chi connectivity index (χ0) is 40.4. The highest BCUT2D eigenvalue weighted by Gasteiger charge is 2.28. The molecule has 1 aliphatic carbocycles. The van der Waals surface area contributed by atoms with E-state index in [9.17, 15) is 0 Å². The SMILES string of the molecule is C/C=C\C=C/C1=NC(c2ccc(-n3c4c(c5cc(Cc6ccccc6)ccc53)C(CN(c3[c]c[c]c[c]3)c3ccccc3)CC=C4)cc2)=CN(C)C1.Cc1ccccc1. The summed E-state index contributed by atoms with van der Waals surface area (Å²) in [6, 6.07) is 61.2. The Labute approximate surface area is 350 Å². The quantitative estimate of drug-likeness (QED) is 0.130. The van der Waals surface area contributed by atoms with Crippen LogP contribution in [0.3, 0.4) is 0 Å². The van der Waals surface area contributed by atoms with Crippen molar-refractivity contribution in [2.75, 3.05) is 25.0 Å². The molecule has 3 radical (unpaired) electrons. The van der Waals surface area contributed by atoms with Crippen LogP contribution < -0.4 is 4.90 Å². The Morgan fingerprint density at radius 1 is 0.797 bits per heavy atom. The molecule has 0 bridgehead atoms. The molecule has 1 aliphatic heterocycles. The number of benzene rings is 6. The number of nitrogens with zero attached hydrogens (tertiary/aromatic N) is 4. The van der Waals surface area contributed by atoms with E-state index in [0.717, 1.165) is 60.0 Å². The number of aryl methyl sites for hydroxylation is 1. The van der Waals surface area contributed by atoms with Gasteiger partial charge in [0.1, 0.15) is 0 Å². The first kappa shape index (κ1) is 38.9. The third kappa shape index (κ3) is 9.29. The number of rotatable bonds is 10. The lowest BCUT2D eigenvalue weighted by Gasteiger charge is -2.30. The van der Waals surface area contributed by atoms with Crippen molar-refractivity contribution in [2.45, 2.75) is 32.6 Å². The lowest BCUT2D eigenvalue weighted by Crippen LogP contribution is -2.25. The first-order chi connectivity index (χ1) is 29.0. The van der Waals surface area contributed by atoms with Gasteiger partial charge in [0, 0.05) is 60.2 Å². The van der Waals surface area contributed by atoms with Gasteiger partial charge in [0.25, 0.3) is 0 Å². The Morgan fingerprint density at radius 3 is 2.20 bits per heavy atom. The Balaban J connectivity index is 0.000000628. The molecule has 289 valence electrons. The second-order valence-corrected chi connectivity index (χ2v) is 15.1. The molecule has 2 aliphatic rings. The van der Waals surface area contributed by atoms with Gasteiger partial charge in [0.15, 0.2) is 0 Å². The Morgan fingerprint density at radius 2 is 1.51 bits per heavy atom. The average molecular weight is 766 g/mol. The molecular weight excluding hydrogens is 717 g/mol. The Bertz CT molecular complexity index is 2570. The zero-order valence-electron chi connectivity index (χ0n) is 34.1. The minimum absolute atomic E-state index is 0.243. The maximum Gasteiger partial charge on any atom is 0.0864 e. The van der Waals surface area contributed by atoms with Crippen molar-refractivity contribution in [1.29, 1.82) is 0 Å². The molecule has 4 nitrogen and oxygen atoms in total. The van der Waals surface area contributed by atoms with Gasteiger partial charge in [-0.05, 0) is 110 Å². The molecule has 0 fully saturated rings. The predicted molar refractivity (Wildman–Crippen MR) is 248 cm³/mol. The molecule has 6 aromatic carbocycles. The van der Waals surface area contributed by atoms with Gasteiger partial charge in [-0.25, -0.2) is 4.99 Å². The summed E-state index contributed by atoms with van der Waals surface area (Å²) in [5.74, 6) is 0.243. The van der Waals surface area contributed by atoms with E-state index in [1.807, 2.05) is 49.4 Å². The number of hydrogen-bond donors (Lipinski definition) is 0. The standard InChI is InChI=1S/C48H41N4.C7H8/c1-3-4-8-19-40-34-50(2)35-45(49-40)38-26-28-43(29-27-38)52-46-30-25-37(31-36-16-9-5-10-17-36)32-44(46)48-39(18-15-24-47(48)52)33-51(41-20-11-6-12-21-41)42-22-13-7-14-23-42;1-7-5-3-2-4-6-7/h3-6,8-17,19-21,24-30,32,35,39H,18,31,33-34H2,1-2H3;2-6H,1H3/b4-3-,19-8-;. The van der Waals surface area contributed by atoms with Gasteiger partial charge in [-0.15, -0.1) is 0 Å². The predicted octanol–water partition coefficient (Wildman–Crippen LogP) is 12.8.